The molecule has 2 aliphatic rings. The van der Waals surface area contributed by atoms with E-state index in [0.29, 0.717) is 0 Å². The molecule has 35 heavy (non-hydrogen) atoms. The molecule has 11 heteroatoms. The van der Waals surface area contributed by atoms with Crippen LogP contribution < -0.4 is 15.4 Å². The number of hydrogen-bond acceptors (Lipinski definition) is 8. The summed E-state index contributed by atoms with van der Waals surface area (Å²) < 4.78 is 11.8. The van der Waals surface area contributed by atoms with Crippen molar-refractivity contribution >= 4 is 34.9 Å². The Bertz CT molecular complexity index is 1330. The van der Waals surface area contributed by atoms with Crippen molar-refractivity contribution in [1.82, 2.24) is 5.32 Å². The van der Waals surface area contributed by atoms with E-state index in [1.165, 1.54) is 13.0 Å². The van der Waals surface area contributed by atoms with E-state index < -0.39 is 45.5 Å². The number of hydrogen-bond donors (Lipinski definition) is 2. The van der Waals surface area contributed by atoms with Gasteiger partial charge in [-0.3, -0.25) is 29.3 Å². The highest BCUT2D eigenvalue weighted by Crippen LogP contribution is 2.63. The molecule has 1 aliphatic carbocycles. The zero-order chi connectivity index (χ0) is 25.9. The standard InChI is InChI=1S/C24H23N3O8/c1-11(2)15-6-7-16-19(10-15)35-24(34-14(5)30)21-18(27(32)33)9-8-17(25-12(3)28)20(21)22(31)23(16,24)26-13(4)29/h6-11H,1-5H3,(H,25,28)(H,26,29). The van der Waals surface area contributed by atoms with Gasteiger partial charge in [-0.2, -0.15) is 0 Å². The summed E-state index contributed by atoms with van der Waals surface area (Å²) in [6.45, 7) is 7.30. The third-order valence-electron chi connectivity index (χ3n) is 6.06. The second-order valence-corrected chi connectivity index (χ2v) is 8.80. The molecule has 2 aromatic rings. The Morgan fingerprint density at radius 3 is 2.31 bits per heavy atom. The minimum absolute atomic E-state index is 0.0438. The zero-order valence-corrected chi connectivity index (χ0v) is 19.7. The Balaban J connectivity index is 2.17. The van der Waals surface area contributed by atoms with Gasteiger partial charge in [-0.25, -0.2) is 0 Å². The number of rotatable bonds is 5. The van der Waals surface area contributed by atoms with Gasteiger partial charge in [-0.1, -0.05) is 26.0 Å². The van der Waals surface area contributed by atoms with E-state index in [-0.39, 0.29) is 34.0 Å². The number of nitrogens with zero attached hydrogens (tertiary/aromatic N) is 1. The van der Waals surface area contributed by atoms with Gasteiger partial charge in [0.15, 0.2) is 0 Å². The smallest absolute Gasteiger partial charge is 0.323 e. The van der Waals surface area contributed by atoms with Crippen molar-refractivity contribution in [2.24, 2.45) is 0 Å². The highest BCUT2D eigenvalue weighted by atomic mass is 16.7. The van der Waals surface area contributed by atoms with E-state index in [0.717, 1.165) is 25.5 Å². The van der Waals surface area contributed by atoms with Crippen LogP contribution in [0.15, 0.2) is 30.3 Å². The average molecular weight is 481 g/mol. The molecule has 182 valence electrons. The summed E-state index contributed by atoms with van der Waals surface area (Å²) in [6.07, 6.45) is 0. The molecule has 0 fully saturated rings. The lowest BCUT2D eigenvalue weighted by molar-refractivity contribution is -0.388. The number of anilines is 1. The lowest BCUT2D eigenvalue weighted by Crippen LogP contribution is -2.61. The minimum atomic E-state index is -2.42. The SMILES string of the molecule is CC(=O)Nc1ccc([N+](=O)[O-])c2c1C(=O)C1(NC(C)=O)c3ccc(C(C)C)cc3OC21OC(C)=O. The third kappa shape index (κ3) is 3.26. The first kappa shape index (κ1) is 23.9. The van der Waals surface area contributed by atoms with E-state index in [9.17, 15) is 29.3 Å². The molecule has 0 saturated heterocycles. The lowest BCUT2D eigenvalue weighted by Gasteiger charge is -2.36. The van der Waals surface area contributed by atoms with Crippen molar-refractivity contribution in [1.29, 1.82) is 0 Å². The number of nitro benzene ring substituents is 1. The maximum absolute atomic E-state index is 14.2. The predicted octanol–water partition coefficient (Wildman–Crippen LogP) is 3.01. The molecule has 0 aromatic heterocycles. The van der Waals surface area contributed by atoms with Gasteiger partial charge < -0.3 is 20.1 Å². The summed E-state index contributed by atoms with van der Waals surface area (Å²) >= 11 is 0. The minimum Gasteiger partial charge on any atom is -0.445 e. The first-order valence-electron chi connectivity index (χ1n) is 10.8. The lowest BCUT2D eigenvalue weighted by atomic mass is 9.81. The van der Waals surface area contributed by atoms with Gasteiger partial charge in [0, 0.05) is 32.4 Å². The molecule has 1 aliphatic heterocycles. The van der Waals surface area contributed by atoms with Crippen molar-refractivity contribution in [2.45, 2.75) is 51.9 Å². The van der Waals surface area contributed by atoms with E-state index in [1.54, 1.807) is 18.2 Å². The van der Waals surface area contributed by atoms with Gasteiger partial charge >= 0.3 is 11.8 Å². The molecule has 2 N–H and O–H groups in total. The summed E-state index contributed by atoms with van der Waals surface area (Å²) in [7, 11) is 0. The number of ether oxygens (including phenoxy) is 2. The fourth-order valence-electron chi connectivity index (χ4n) is 4.83. The third-order valence-corrected chi connectivity index (χ3v) is 6.06. The average Bonchev–Trinajstić information content (AvgIpc) is 3.11. The number of nitro groups is 1. The molecule has 0 radical (unpaired) electrons. The topological polar surface area (TPSA) is 154 Å². The van der Waals surface area contributed by atoms with Crippen LogP contribution in [0.5, 0.6) is 5.75 Å². The summed E-state index contributed by atoms with van der Waals surface area (Å²) in [4.78, 5) is 62.3. The summed E-state index contributed by atoms with van der Waals surface area (Å²) in [5.74, 6) is -5.17. The van der Waals surface area contributed by atoms with Crippen molar-refractivity contribution < 1.29 is 33.6 Å². The van der Waals surface area contributed by atoms with Crippen molar-refractivity contribution in [2.75, 3.05) is 5.32 Å². The second kappa shape index (κ2) is 7.90. The number of benzene rings is 2. The molecule has 2 amide bonds. The van der Waals surface area contributed by atoms with Crippen LogP contribution >= 0.6 is 0 Å². The van der Waals surface area contributed by atoms with Crippen LogP contribution in [-0.2, 0) is 30.4 Å². The zero-order valence-electron chi connectivity index (χ0n) is 19.7. The Morgan fingerprint density at radius 1 is 1.09 bits per heavy atom. The molecule has 4 rings (SSSR count). The van der Waals surface area contributed by atoms with Crippen molar-refractivity contribution in [3.63, 3.8) is 0 Å². The second-order valence-electron chi connectivity index (χ2n) is 8.80. The first-order chi connectivity index (χ1) is 16.4. The van der Waals surface area contributed by atoms with Crippen LogP contribution in [0.2, 0.25) is 0 Å². The molecule has 2 unspecified atom stereocenters. The Kier molecular flexibility index (Phi) is 5.38. The molecular weight excluding hydrogens is 458 g/mol. The molecule has 0 bridgehead atoms. The van der Waals surface area contributed by atoms with Crippen molar-refractivity contribution in [3.05, 3.63) is 62.7 Å². The normalized spacial score (nSPS) is 21.5. The first-order valence-corrected chi connectivity index (χ1v) is 10.8. The summed E-state index contributed by atoms with van der Waals surface area (Å²) in [5, 5.41) is 17.2. The molecule has 0 spiro atoms. The molecule has 0 saturated carbocycles. The number of carbonyl (C=O) groups excluding carboxylic acids is 4. The number of nitrogens with one attached hydrogen (secondary N) is 2. The Labute approximate surface area is 199 Å². The predicted molar refractivity (Wildman–Crippen MR) is 122 cm³/mol. The van der Waals surface area contributed by atoms with Crippen LogP contribution in [0.1, 0.15) is 67.6 Å². The van der Waals surface area contributed by atoms with E-state index in [1.807, 2.05) is 13.8 Å². The van der Waals surface area contributed by atoms with Gasteiger partial charge in [-0.15, -0.1) is 0 Å². The number of Topliss-reactive ketones (excluding diaryl/α,β-unsaturated/α-hetero) is 1. The molecule has 1 heterocycles. The monoisotopic (exact) mass is 481 g/mol. The molecular formula is C24H23N3O8. The van der Waals surface area contributed by atoms with Crippen LogP contribution in [0, 0.1) is 10.1 Å². The number of carbonyl (C=O) groups is 4. The summed E-state index contributed by atoms with van der Waals surface area (Å²) in [6, 6.07) is 7.24. The van der Waals surface area contributed by atoms with E-state index in [4.69, 9.17) is 9.47 Å². The Morgan fingerprint density at radius 2 is 1.77 bits per heavy atom. The van der Waals surface area contributed by atoms with Crippen LogP contribution in [0.3, 0.4) is 0 Å². The van der Waals surface area contributed by atoms with Gasteiger partial charge in [0.05, 0.1) is 16.2 Å². The fourth-order valence-corrected chi connectivity index (χ4v) is 4.83. The Hall–Kier alpha value is -4.28. The number of amides is 2. The molecule has 2 atom stereocenters. The van der Waals surface area contributed by atoms with Crippen LogP contribution in [0.25, 0.3) is 0 Å². The number of ketones is 1. The molecule has 11 nitrogen and oxygen atoms in total. The van der Waals surface area contributed by atoms with Gasteiger partial charge in [0.2, 0.25) is 23.1 Å². The number of esters is 1. The largest absolute Gasteiger partial charge is 0.445 e. The van der Waals surface area contributed by atoms with Gasteiger partial charge in [-0.05, 0) is 23.6 Å². The summed E-state index contributed by atoms with van der Waals surface area (Å²) in [5.41, 5.74) is -2.45. The fraction of sp³-hybridized carbons (Fsp3) is 0.333. The maximum Gasteiger partial charge on any atom is 0.323 e. The van der Waals surface area contributed by atoms with Crippen LogP contribution in [-0.4, -0.2) is 28.5 Å². The van der Waals surface area contributed by atoms with Gasteiger partial charge in [0.1, 0.15) is 11.3 Å². The van der Waals surface area contributed by atoms with Crippen LogP contribution in [0.4, 0.5) is 11.4 Å². The molecule has 2 aromatic carbocycles. The van der Waals surface area contributed by atoms with Gasteiger partial charge in [0.25, 0.3) is 5.69 Å². The van der Waals surface area contributed by atoms with E-state index in [2.05, 4.69) is 10.6 Å². The van der Waals surface area contributed by atoms with Crippen molar-refractivity contribution in [3.8, 4) is 5.75 Å². The number of fused-ring (bicyclic) bond motifs is 5. The quantitative estimate of drug-likeness (QED) is 0.375. The maximum atomic E-state index is 14.2. The van der Waals surface area contributed by atoms with E-state index >= 15 is 0 Å². The highest BCUT2D eigenvalue weighted by Gasteiger charge is 2.77. The highest BCUT2D eigenvalue weighted by molar-refractivity contribution is 6.17.